The first-order chi connectivity index (χ1) is 16.9. The topological polar surface area (TPSA) is 25.4 Å². The zero-order valence-corrected chi connectivity index (χ0v) is 21.6. The predicted molar refractivity (Wildman–Crippen MR) is 147 cm³/mol. The molecule has 3 aromatic carbocycles. The van der Waals surface area contributed by atoms with E-state index >= 15 is 0 Å². The summed E-state index contributed by atoms with van der Waals surface area (Å²) in [6, 6.07) is 27.6. The number of halogens is 1. The van der Waals surface area contributed by atoms with E-state index in [1.807, 2.05) is 24.3 Å². The van der Waals surface area contributed by atoms with Crippen molar-refractivity contribution < 1.29 is 4.74 Å². The maximum atomic E-state index is 6.29. The van der Waals surface area contributed by atoms with Gasteiger partial charge >= 0.3 is 0 Å². The lowest BCUT2D eigenvalue weighted by molar-refractivity contribution is 0.0236. The molecule has 4 aromatic rings. The molecule has 0 atom stereocenters. The average Bonchev–Trinajstić information content (AvgIpc) is 2.87. The Morgan fingerprint density at radius 3 is 2.40 bits per heavy atom. The van der Waals surface area contributed by atoms with Crippen molar-refractivity contribution in [2.75, 3.05) is 18.0 Å². The molecule has 0 N–H and O–H groups in total. The van der Waals surface area contributed by atoms with Crippen molar-refractivity contribution in [1.29, 1.82) is 0 Å². The first-order valence-electron chi connectivity index (χ1n) is 12.5. The molecule has 0 amide bonds. The molecular weight excluding hydrogens is 452 g/mol. The monoisotopic (exact) mass is 484 g/mol. The van der Waals surface area contributed by atoms with Crippen molar-refractivity contribution in [2.24, 2.45) is 0 Å². The van der Waals surface area contributed by atoms with Gasteiger partial charge in [0.2, 0.25) is 0 Å². The van der Waals surface area contributed by atoms with Gasteiger partial charge in [0.15, 0.2) is 0 Å². The van der Waals surface area contributed by atoms with E-state index in [-0.39, 0.29) is 11.5 Å². The Bertz CT molecular complexity index is 1300. The van der Waals surface area contributed by atoms with Crippen LogP contribution >= 0.6 is 11.6 Å². The number of fused-ring (bicyclic) bond motifs is 1. The van der Waals surface area contributed by atoms with E-state index in [0.29, 0.717) is 6.61 Å². The van der Waals surface area contributed by atoms with Crippen LogP contribution in [0.1, 0.15) is 44.9 Å². The highest BCUT2D eigenvalue weighted by Gasteiger charge is 2.24. The molecule has 1 fully saturated rings. The smallest absolute Gasteiger partial charge is 0.0891 e. The maximum absolute atomic E-state index is 6.29. The molecule has 35 heavy (non-hydrogen) atoms. The lowest BCUT2D eigenvalue weighted by atomic mass is 9.84. The van der Waals surface area contributed by atoms with E-state index < -0.39 is 0 Å². The van der Waals surface area contributed by atoms with Crippen LogP contribution in [-0.2, 0) is 16.8 Å². The van der Waals surface area contributed by atoms with Crippen LogP contribution in [0.2, 0.25) is 5.02 Å². The van der Waals surface area contributed by atoms with E-state index in [2.05, 4.69) is 80.3 Å². The highest BCUT2D eigenvalue weighted by Crippen LogP contribution is 2.37. The molecule has 0 spiro atoms. The highest BCUT2D eigenvalue weighted by atomic mass is 35.5. The number of benzene rings is 3. The average molecular weight is 485 g/mol. The second-order valence-corrected chi connectivity index (χ2v) is 10.9. The van der Waals surface area contributed by atoms with Crippen LogP contribution in [0, 0.1) is 0 Å². The summed E-state index contributed by atoms with van der Waals surface area (Å²) in [6.45, 7) is 9.31. The predicted octanol–water partition coefficient (Wildman–Crippen LogP) is 8.04. The summed E-state index contributed by atoms with van der Waals surface area (Å²) in [5.41, 5.74) is 7.22. The summed E-state index contributed by atoms with van der Waals surface area (Å²) in [4.78, 5) is 7.26. The summed E-state index contributed by atoms with van der Waals surface area (Å²) in [6.07, 6.45) is 2.27. The fourth-order valence-electron chi connectivity index (χ4n) is 4.79. The fraction of sp³-hybridized carbons (Fsp3) is 0.323. The van der Waals surface area contributed by atoms with Crippen LogP contribution in [0.15, 0.2) is 78.9 Å². The van der Waals surface area contributed by atoms with Crippen LogP contribution in [0.4, 0.5) is 5.69 Å². The quantitative estimate of drug-likeness (QED) is 0.286. The van der Waals surface area contributed by atoms with Gasteiger partial charge in [-0.05, 0) is 65.8 Å². The van der Waals surface area contributed by atoms with Gasteiger partial charge in [-0.25, -0.2) is 0 Å². The summed E-state index contributed by atoms with van der Waals surface area (Å²) in [7, 11) is 0. The molecule has 1 saturated heterocycles. The van der Waals surface area contributed by atoms with E-state index in [0.717, 1.165) is 42.2 Å². The number of hydrogen-bond acceptors (Lipinski definition) is 3. The SMILES string of the molecule is CC(C)(C)c1ccc(N2CCC(OCc3ccc4ccccc4n3)CC2)c(-c2ccc(Cl)cc2)c1. The van der Waals surface area contributed by atoms with Crippen molar-refractivity contribution in [2.45, 2.75) is 51.7 Å². The van der Waals surface area contributed by atoms with Gasteiger partial charge in [-0.15, -0.1) is 0 Å². The van der Waals surface area contributed by atoms with Crippen molar-refractivity contribution in [3.05, 3.63) is 95.1 Å². The maximum Gasteiger partial charge on any atom is 0.0891 e. The Kier molecular flexibility index (Phi) is 6.82. The standard InChI is InChI=1S/C31H33ClN2O/c1-31(2,3)24-11-15-30(28(20-24)22-8-12-25(32)13-9-22)34-18-16-27(17-19-34)35-21-26-14-10-23-6-4-5-7-29(23)33-26/h4-15,20,27H,16-19,21H2,1-3H3. The number of pyridine rings is 1. The Hall–Kier alpha value is -2.88. The van der Waals surface area contributed by atoms with Crippen molar-refractivity contribution >= 4 is 28.2 Å². The van der Waals surface area contributed by atoms with E-state index in [1.165, 1.54) is 27.8 Å². The Labute approximate surface area is 213 Å². The number of rotatable bonds is 5. The molecule has 1 aromatic heterocycles. The molecular formula is C31H33ClN2O. The summed E-state index contributed by atoms with van der Waals surface area (Å²) in [5, 5.41) is 1.93. The number of hydrogen-bond donors (Lipinski definition) is 0. The summed E-state index contributed by atoms with van der Waals surface area (Å²) >= 11 is 6.18. The number of ether oxygens (including phenoxy) is 1. The third-order valence-corrected chi connectivity index (χ3v) is 7.18. The zero-order valence-electron chi connectivity index (χ0n) is 20.8. The molecule has 4 heteroatoms. The molecule has 3 nitrogen and oxygen atoms in total. The largest absolute Gasteiger partial charge is 0.372 e. The van der Waals surface area contributed by atoms with E-state index in [1.54, 1.807) is 0 Å². The number of piperidine rings is 1. The van der Waals surface area contributed by atoms with Gasteiger partial charge in [0.25, 0.3) is 0 Å². The molecule has 0 aliphatic carbocycles. The molecule has 1 aliphatic rings. The van der Waals surface area contributed by atoms with Crippen LogP contribution in [0.25, 0.3) is 22.0 Å². The van der Waals surface area contributed by atoms with Gasteiger partial charge in [0.1, 0.15) is 0 Å². The fourth-order valence-corrected chi connectivity index (χ4v) is 4.92. The van der Waals surface area contributed by atoms with Crippen LogP contribution in [-0.4, -0.2) is 24.2 Å². The minimum absolute atomic E-state index is 0.0946. The first-order valence-corrected chi connectivity index (χ1v) is 12.9. The number of anilines is 1. The summed E-state index contributed by atoms with van der Waals surface area (Å²) in [5.74, 6) is 0. The lowest BCUT2D eigenvalue weighted by Crippen LogP contribution is -2.37. The number of para-hydroxylation sites is 1. The Balaban J connectivity index is 1.28. The Morgan fingerprint density at radius 2 is 1.66 bits per heavy atom. The molecule has 0 bridgehead atoms. The molecule has 1 aliphatic heterocycles. The molecule has 0 radical (unpaired) electrons. The van der Waals surface area contributed by atoms with Crippen LogP contribution < -0.4 is 4.90 Å². The van der Waals surface area contributed by atoms with Gasteiger partial charge in [0, 0.05) is 34.7 Å². The lowest BCUT2D eigenvalue weighted by Gasteiger charge is -2.35. The van der Waals surface area contributed by atoms with Crippen LogP contribution in [0.3, 0.4) is 0 Å². The number of aromatic nitrogens is 1. The third kappa shape index (κ3) is 5.52. The van der Waals surface area contributed by atoms with Gasteiger partial charge in [-0.2, -0.15) is 0 Å². The second-order valence-electron chi connectivity index (χ2n) is 10.5. The molecule has 0 saturated carbocycles. The normalized spacial score (nSPS) is 15.0. The van der Waals surface area contributed by atoms with E-state index in [9.17, 15) is 0 Å². The van der Waals surface area contributed by atoms with Crippen molar-refractivity contribution in [1.82, 2.24) is 4.98 Å². The number of nitrogens with zero attached hydrogens (tertiary/aromatic N) is 2. The van der Waals surface area contributed by atoms with E-state index in [4.69, 9.17) is 21.3 Å². The molecule has 0 unspecified atom stereocenters. The zero-order chi connectivity index (χ0) is 24.4. The van der Waals surface area contributed by atoms with Gasteiger partial charge in [-0.3, -0.25) is 4.98 Å². The van der Waals surface area contributed by atoms with Crippen molar-refractivity contribution in [3.63, 3.8) is 0 Å². The molecule has 5 rings (SSSR count). The summed E-state index contributed by atoms with van der Waals surface area (Å²) < 4.78 is 6.29. The van der Waals surface area contributed by atoms with Crippen molar-refractivity contribution in [3.8, 4) is 11.1 Å². The van der Waals surface area contributed by atoms with Crippen LogP contribution in [0.5, 0.6) is 0 Å². The van der Waals surface area contributed by atoms with Gasteiger partial charge in [-0.1, -0.05) is 74.8 Å². The highest BCUT2D eigenvalue weighted by molar-refractivity contribution is 6.30. The molecule has 2 heterocycles. The third-order valence-electron chi connectivity index (χ3n) is 6.92. The molecule has 180 valence electrons. The second kappa shape index (κ2) is 10.0. The Morgan fingerprint density at radius 1 is 0.914 bits per heavy atom. The minimum Gasteiger partial charge on any atom is -0.372 e. The van der Waals surface area contributed by atoms with Gasteiger partial charge < -0.3 is 9.64 Å². The first kappa shape index (κ1) is 23.8. The minimum atomic E-state index is 0.0946. The van der Waals surface area contributed by atoms with Gasteiger partial charge in [0.05, 0.1) is 23.9 Å².